The molecule has 0 radical (unpaired) electrons. The summed E-state index contributed by atoms with van der Waals surface area (Å²) in [6, 6.07) is 7.64. The molecule has 2 aromatic rings. The van der Waals surface area contributed by atoms with Gasteiger partial charge in [-0.1, -0.05) is 17.7 Å². The van der Waals surface area contributed by atoms with E-state index in [9.17, 15) is 4.79 Å². The van der Waals surface area contributed by atoms with E-state index < -0.39 is 0 Å². The van der Waals surface area contributed by atoms with Crippen LogP contribution in [0.15, 0.2) is 29.2 Å². The van der Waals surface area contributed by atoms with Gasteiger partial charge >= 0.3 is 0 Å². The molecule has 28 heavy (non-hydrogen) atoms. The standard InChI is InChI=1S/C20H17IN2O3S2/c1-5-8-26-18-15(21)9-14(10-16(18)25-4)11-17-19(24)23(20(27)28-17)22-12(2)6-7-13(22)3/h1,6-7,9-11H,8H2,2-4H3/b17-11+. The normalized spacial score (nSPS) is 15.2. The minimum absolute atomic E-state index is 0.153. The molecule has 1 amide bonds. The van der Waals surface area contributed by atoms with Crippen molar-refractivity contribution in [2.45, 2.75) is 13.8 Å². The van der Waals surface area contributed by atoms with Gasteiger partial charge in [0.05, 0.1) is 15.6 Å². The minimum atomic E-state index is -0.154. The second kappa shape index (κ2) is 8.59. The Kier molecular flexibility index (Phi) is 6.37. The van der Waals surface area contributed by atoms with Crippen molar-refractivity contribution < 1.29 is 14.3 Å². The van der Waals surface area contributed by atoms with E-state index in [1.807, 2.05) is 48.9 Å². The fourth-order valence-electron chi connectivity index (χ4n) is 2.84. The molecule has 0 spiro atoms. The second-order valence-electron chi connectivity index (χ2n) is 5.95. The first kappa shape index (κ1) is 20.8. The molecule has 1 aromatic heterocycles. The van der Waals surface area contributed by atoms with Crippen LogP contribution in [0.1, 0.15) is 17.0 Å². The SMILES string of the molecule is C#CCOc1c(I)cc(/C=C2/SC(=S)N(n3c(C)ccc3C)C2=O)cc1OC. The third-order valence-corrected chi connectivity index (χ3v) is 6.14. The van der Waals surface area contributed by atoms with E-state index in [0.29, 0.717) is 20.7 Å². The highest BCUT2D eigenvalue weighted by molar-refractivity contribution is 14.1. The average molecular weight is 524 g/mol. The molecular formula is C20H17IN2O3S2. The van der Waals surface area contributed by atoms with E-state index in [-0.39, 0.29) is 12.5 Å². The number of halogens is 1. The third-order valence-electron chi connectivity index (χ3n) is 4.06. The van der Waals surface area contributed by atoms with E-state index in [1.165, 1.54) is 16.8 Å². The lowest BCUT2D eigenvalue weighted by molar-refractivity contribution is -0.114. The van der Waals surface area contributed by atoms with Crippen molar-refractivity contribution >= 4 is 62.9 Å². The zero-order valence-corrected chi connectivity index (χ0v) is 19.3. The highest BCUT2D eigenvalue weighted by Crippen LogP contribution is 2.37. The van der Waals surface area contributed by atoms with Crippen LogP contribution in [0, 0.1) is 29.8 Å². The molecule has 0 aliphatic carbocycles. The number of carbonyl (C=O) groups is 1. The number of ether oxygens (including phenoxy) is 2. The van der Waals surface area contributed by atoms with Crippen LogP contribution in [0.2, 0.25) is 0 Å². The number of carbonyl (C=O) groups excluding carboxylic acids is 1. The summed E-state index contributed by atoms with van der Waals surface area (Å²) in [4.78, 5) is 13.6. The van der Waals surface area contributed by atoms with Crippen molar-refractivity contribution in [1.29, 1.82) is 0 Å². The van der Waals surface area contributed by atoms with Crippen LogP contribution in [0.3, 0.4) is 0 Å². The monoisotopic (exact) mass is 524 g/mol. The van der Waals surface area contributed by atoms with Crippen LogP contribution in [-0.4, -0.2) is 28.6 Å². The summed E-state index contributed by atoms with van der Waals surface area (Å²) in [7, 11) is 1.56. The smallest absolute Gasteiger partial charge is 0.285 e. The Morgan fingerprint density at radius 3 is 2.61 bits per heavy atom. The van der Waals surface area contributed by atoms with Gasteiger partial charge in [-0.2, -0.15) is 5.01 Å². The first-order valence-corrected chi connectivity index (χ1v) is 10.5. The fraction of sp³-hybridized carbons (Fsp3) is 0.200. The summed E-state index contributed by atoms with van der Waals surface area (Å²) in [5.41, 5.74) is 2.71. The topological polar surface area (TPSA) is 43.7 Å². The molecule has 3 rings (SSSR count). The van der Waals surface area contributed by atoms with Crippen LogP contribution in [0.25, 0.3) is 6.08 Å². The number of thioether (sulfide) groups is 1. The Labute approximate surface area is 187 Å². The van der Waals surface area contributed by atoms with Gasteiger partial charge in [-0.15, -0.1) is 6.42 Å². The number of rotatable bonds is 5. The van der Waals surface area contributed by atoms with Crippen LogP contribution in [-0.2, 0) is 4.79 Å². The molecule has 0 bridgehead atoms. The van der Waals surface area contributed by atoms with Gasteiger partial charge < -0.3 is 9.47 Å². The summed E-state index contributed by atoms with van der Waals surface area (Å²) in [6.07, 6.45) is 7.08. The summed E-state index contributed by atoms with van der Waals surface area (Å²) >= 11 is 8.90. The quantitative estimate of drug-likeness (QED) is 0.253. The highest BCUT2D eigenvalue weighted by atomic mass is 127. The number of nitrogens with zero attached hydrogens (tertiary/aromatic N) is 2. The van der Waals surface area contributed by atoms with Crippen LogP contribution in [0.5, 0.6) is 11.5 Å². The first-order valence-electron chi connectivity index (χ1n) is 8.24. The lowest BCUT2D eigenvalue weighted by Crippen LogP contribution is -2.39. The third kappa shape index (κ3) is 3.92. The number of thiocarbonyl (C=S) groups is 1. The molecular weight excluding hydrogens is 507 g/mol. The van der Waals surface area contributed by atoms with Crippen molar-refractivity contribution in [3.8, 4) is 23.8 Å². The van der Waals surface area contributed by atoms with Gasteiger partial charge in [0.2, 0.25) is 0 Å². The molecule has 2 heterocycles. The molecule has 1 aliphatic heterocycles. The summed E-state index contributed by atoms with van der Waals surface area (Å²) in [6.45, 7) is 4.04. The van der Waals surface area contributed by atoms with Crippen molar-refractivity contribution in [2.75, 3.05) is 18.7 Å². The van der Waals surface area contributed by atoms with Gasteiger partial charge in [-0.3, -0.25) is 9.47 Å². The summed E-state index contributed by atoms with van der Waals surface area (Å²) < 4.78 is 14.2. The van der Waals surface area contributed by atoms with E-state index >= 15 is 0 Å². The minimum Gasteiger partial charge on any atom is -0.493 e. The lowest BCUT2D eigenvalue weighted by atomic mass is 10.2. The van der Waals surface area contributed by atoms with Crippen LogP contribution in [0.4, 0.5) is 0 Å². The summed E-state index contributed by atoms with van der Waals surface area (Å²) in [5.74, 6) is 3.43. The molecule has 144 valence electrons. The predicted octanol–water partition coefficient (Wildman–Crippen LogP) is 4.27. The Morgan fingerprint density at radius 2 is 2.00 bits per heavy atom. The number of hydrogen-bond donors (Lipinski definition) is 0. The van der Waals surface area contributed by atoms with Crippen molar-refractivity contribution in [3.05, 3.63) is 49.7 Å². The van der Waals surface area contributed by atoms with Gasteiger partial charge in [0.1, 0.15) is 6.61 Å². The molecule has 0 N–H and O–H groups in total. The Hall–Kier alpha value is -1.96. The Morgan fingerprint density at radius 1 is 1.32 bits per heavy atom. The summed E-state index contributed by atoms with van der Waals surface area (Å²) in [5, 5.41) is 1.53. The molecule has 5 nitrogen and oxygen atoms in total. The maximum atomic E-state index is 13.0. The first-order chi connectivity index (χ1) is 13.4. The van der Waals surface area contributed by atoms with Gasteiger partial charge in [0.15, 0.2) is 15.8 Å². The van der Waals surface area contributed by atoms with Crippen LogP contribution < -0.4 is 14.5 Å². The van der Waals surface area contributed by atoms with Gasteiger partial charge in [0, 0.05) is 11.4 Å². The molecule has 1 saturated heterocycles. The number of aryl methyl sites for hydroxylation is 2. The molecule has 0 unspecified atom stereocenters. The molecule has 8 heteroatoms. The number of hydrogen-bond acceptors (Lipinski definition) is 5. The molecule has 1 fully saturated rings. The predicted molar refractivity (Wildman–Crippen MR) is 125 cm³/mol. The number of aromatic nitrogens is 1. The maximum Gasteiger partial charge on any atom is 0.285 e. The van der Waals surface area contributed by atoms with Gasteiger partial charge in [-0.25, -0.2) is 0 Å². The van der Waals surface area contributed by atoms with Crippen molar-refractivity contribution in [2.24, 2.45) is 0 Å². The Balaban J connectivity index is 1.96. The highest BCUT2D eigenvalue weighted by Gasteiger charge is 2.34. The molecule has 0 atom stereocenters. The largest absolute Gasteiger partial charge is 0.493 e. The maximum absolute atomic E-state index is 13.0. The van der Waals surface area contributed by atoms with E-state index in [1.54, 1.807) is 7.11 Å². The number of methoxy groups -OCH3 is 1. The molecule has 0 saturated carbocycles. The van der Waals surface area contributed by atoms with Crippen molar-refractivity contribution in [3.63, 3.8) is 0 Å². The van der Waals surface area contributed by atoms with Crippen molar-refractivity contribution in [1.82, 2.24) is 4.68 Å². The molecule has 1 aliphatic rings. The zero-order chi connectivity index (χ0) is 20.4. The molecule has 1 aromatic carbocycles. The van der Waals surface area contributed by atoms with E-state index in [0.717, 1.165) is 20.5 Å². The van der Waals surface area contributed by atoms with Gasteiger partial charge in [0.25, 0.3) is 5.91 Å². The average Bonchev–Trinajstić information content (AvgIpc) is 3.12. The fourth-order valence-corrected chi connectivity index (χ4v) is 4.86. The lowest BCUT2D eigenvalue weighted by Gasteiger charge is -2.20. The number of terminal acetylenes is 1. The van der Waals surface area contributed by atoms with E-state index in [2.05, 4.69) is 28.5 Å². The second-order valence-corrected chi connectivity index (χ2v) is 8.79. The van der Waals surface area contributed by atoms with E-state index in [4.69, 9.17) is 28.1 Å². The Bertz CT molecular complexity index is 1020. The van der Waals surface area contributed by atoms with Gasteiger partial charge in [-0.05, 0) is 84.6 Å². The van der Waals surface area contributed by atoms with Crippen LogP contribution >= 0.6 is 46.6 Å². The number of benzene rings is 1. The zero-order valence-electron chi connectivity index (χ0n) is 15.5. The number of amides is 1.